The van der Waals surface area contributed by atoms with E-state index in [0.29, 0.717) is 30.9 Å². The minimum atomic E-state index is -0.116. The van der Waals surface area contributed by atoms with Gasteiger partial charge in [0.1, 0.15) is 5.75 Å². The molecule has 3 rings (SSSR count). The van der Waals surface area contributed by atoms with Gasteiger partial charge < -0.3 is 30.5 Å². The molecule has 9 heteroatoms. The Bertz CT molecular complexity index is 766. The summed E-state index contributed by atoms with van der Waals surface area (Å²) in [4.78, 5) is 13.4. The summed E-state index contributed by atoms with van der Waals surface area (Å²) in [5.74, 6) is 2.14. The van der Waals surface area contributed by atoms with Gasteiger partial charge in [0.15, 0.2) is 0 Å². The van der Waals surface area contributed by atoms with Crippen molar-refractivity contribution in [1.82, 2.24) is 15.0 Å². The van der Waals surface area contributed by atoms with Crippen molar-refractivity contribution in [2.45, 2.75) is 44.9 Å². The molecule has 0 bridgehead atoms. The standard InChI is InChI=1S/C20H30N6O3/c1-3-15(13-27)23-20-25-18(21-11-14-6-4-7-16(10-14)28-2)24-19(26-20)22-12-17-8-5-9-29-17/h4,6-7,10,15,17,27H,3,5,8-9,11-13H2,1-2H3,(H3,21,22,23,24,25,26)/t15-,17?/m1/s1. The van der Waals surface area contributed by atoms with Crippen LogP contribution in [0, 0.1) is 0 Å². The third kappa shape index (κ3) is 6.43. The number of anilines is 3. The van der Waals surface area contributed by atoms with Gasteiger partial charge in [-0.15, -0.1) is 0 Å². The number of hydrogen-bond acceptors (Lipinski definition) is 9. The van der Waals surface area contributed by atoms with E-state index in [1.54, 1.807) is 7.11 Å². The molecule has 1 aliphatic heterocycles. The van der Waals surface area contributed by atoms with E-state index in [1.165, 1.54) is 0 Å². The predicted octanol–water partition coefficient (Wildman–Crippen LogP) is 2.27. The summed E-state index contributed by atoms with van der Waals surface area (Å²) in [6.45, 7) is 4.00. The van der Waals surface area contributed by atoms with Crippen LogP contribution >= 0.6 is 0 Å². The SMILES string of the molecule is CC[C@H](CO)Nc1nc(NCc2cccc(OC)c2)nc(NCC2CCCO2)n1. The van der Waals surface area contributed by atoms with Crippen LogP contribution in [0.4, 0.5) is 17.8 Å². The lowest BCUT2D eigenvalue weighted by molar-refractivity contribution is 0.120. The number of hydrogen-bond donors (Lipinski definition) is 4. The summed E-state index contributed by atoms with van der Waals surface area (Å²) >= 11 is 0. The topological polar surface area (TPSA) is 113 Å². The third-order valence-corrected chi connectivity index (χ3v) is 4.78. The zero-order valence-corrected chi connectivity index (χ0v) is 17.0. The smallest absolute Gasteiger partial charge is 0.229 e. The zero-order valence-electron chi connectivity index (χ0n) is 17.0. The molecule has 0 radical (unpaired) electrons. The van der Waals surface area contributed by atoms with Crippen LogP contribution in [0.25, 0.3) is 0 Å². The van der Waals surface area contributed by atoms with E-state index in [2.05, 4.69) is 30.9 Å². The van der Waals surface area contributed by atoms with Crippen molar-refractivity contribution in [1.29, 1.82) is 0 Å². The third-order valence-electron chi connectivity index (χ3n) is 4.78. The summed E-state index contributed by atoms with van der Waals surface area (Å²) in [5.41, 5.74) is 1.05. The monoisotopic (exact) mass is 402 g/mol. The summed E-state index contributed by atoms with van der Waals surface area (Å²) in [7, 11) is 1.65. The lowest BCUT2D eigenvalue weighted by Gasteiger charge is -2.16. The zero-order chi connectivity index (χ0) is 20.5. The van der Waals surface area contributed by atoms with Gasteiger partial charge in [0.2, 0.25) is 17.8 Å². The summed E-state index contributed by atoms with van der Waals surface area (Å²) in [5, 5.41) is 19.1. The van der Waals surface area contributed by atoms with E-state index in [-0.39, 0.29) is 18.8 Å². The molecule has 1 saturated heterocycles. The molecule has 158 valence electrons. The van der Waals surface area contributed by atoms with Crippen molar-refractivity contribution in [2.75, 3.05) is 42.8 Å². The summed E-state index contributed by atoms with van der Waals surface area (Å²) < 4.78 is 10.9. The van der Waals surface area contributed by atoms with Gasteiger partial charge in [0.05, 0.1) is 25.9 Å². The number of aliphatic hydroxyl groups excluding tert-OH is 1. The Balaban J connectivity index is 1.71. The normalized spacial score (nSPS) is 17.0. The number of methoxy groups -OCH3 is 1. The summed E-state index contributed by atoms with van der Waals surface area (Å²) in [6.07, 6.45) is 3.05. The molecule has 1 fully saturated rings. The largest absolute Gasteiger partial charge is 0.497 e. The molecule has 0 spiro atoms. The van der Waals surface area contributed by atoms with Crippen molar-refractivity contribution < 1.29 is 14.6 Å². The van der Waals surface area contributed by atoms with Gasteiger partial charge in [-0.3, -0.25) is 0 Å². The highest BCUT2D eigenvalue weighted by Gasteiger charge is 2.16. The van der Waals surface area contributed by atoms with Crippen molar-refractivity contribution in [3.8, 4) is 5.75 Å². The molecule has 2 aromatic rings. The van der Waals surface area contributed by atoms with Crippen LogP contribution in [0.2, 0.25) is 0 Å². The maximum atomic E-state index is 9.48. The van der Waals surface area contributed by atoms with Crippen LogP contribution in [0.5, 0.6) is 5.75 Å². The maximum Gasteiger partial charge on any atom is 0.229 e. The fourth-order valence-corrected chi connectivity index (χ4v) is 3.03. The second-order valence-corrected chi connectivity index (χ2v) is 6.96. The molecule has 0 amide bonds. The van der Waals surface area contributed by atoms with E-state index in [0.717, 1.165) is 37.2 Å². The molecular formula is C20H30N6O3. The highest BCUT2D eigenvalue weighted by atomic mass is 16.5. The molecule has 2 atom stereocenters. The number of benzene rings is 1. The van der Waals surface area contributed by atoms with Gasteiger partial charge in [0.25, 0.3) is 0 Å². The molecule has 1 aromatic carbocycles. The van der Waals surface area contributed by atoms with Crippen LogP contribution < -0.4 is 20.7 Å². The Hall–Kier alpha value is -2.65. The lowest BCUT2D eigenvalue weighted by atomic mass is 10.2. The fourth-order valence-electron chi connectivity index (χ4n) is 3.03. The quantitative estimate of drug-likeness (QED) is 0.449. The van der Waals surface area contributed by atoms with E-state index in [4.69, 9.17) is 9.47 Å². The molecule has 1 unspecified atom stereocenters. The van der Waals surface area contributed by atoms with E-state index >= 15 is 0 Å². The minimum Gasteiger partial charge on any atom is -0.497 e. The molecule has 9 nitrogen and oxygen atoms in total. The van der Waals surface area contributed by atoms with Crippen LogP contribution in [0.15, 0.2) is 24.3 Å². The first-order valence-electron chi connectivity index (χ1n) is 10.1. The van der Waals surface area contributed by atoms with Gasteiger partial charge in [-0.25, -0.2) is 0 Å². The van der Waals surface area contributed by atoms with Crippen LogP contribution in [0.3, 0.4) is 0 Å². The van der Waals surface area contributed by atoms with Crippen LogP contribution in [-0.4, -0.2) is 59.1 Å². The fraction of sp³-hybridized carbons (Fsp3) is 0.550. The van der Waals surface area contributed by atoms with Gasteiger partial charge in [0, 0.05) is 19.7 Å². The maximum absolute atomic E-state index is 9.48. The molecule has 0 aliphatic carbocycles. The number of aliphatic hydroxyl groups is 1. The second kappa shape index (κ2) is 10.8. The first-order chi connectivity index (χ1) is 14.2. The number of aromatic nitrogens is 3. The molecule has 0 saturated carbocycles. The Labute approximate surface area is 171 Å². The van der Waals surface area contributed by atoms with Gasteiger partial charge in [-0.1, -0.05) is 19.1 Å². The number of nitrogens with zero attached hydrogens (tertiary/aromatic N) is 3. The van der Waals surface area contributed by atoms with Gasteiger partial charge >= 0.3 is 0 Å². The average molecular weight is 402 g/mol. The highest BCUT2D eigenvalue weighted by Crippen LogP contribution is 2.17. The Kier molecular flexibility index (Phi) is 7.83. The molecule has 1 aromatic heterocycles. The van der Waals surface area contributed by atoms with Crippen molar-refractivity contribution in [3.05, 3.63) is 29.8 Å². The molecular weight excluding hydrogens is 372 g/mol. The van der Waals surface area contributed by atoms with Gasteiger partial charge in [-0.2, -0.15) is 15.0 Å². The first kappa shape index (κ1) is 21.1. The number of rotatable bonds is 11. The van der Waals surface area contributed by atoms with E-state index in [9.17, 15) is 5.11 Å². The lowest BCUT2D eigenvalue weighted by Crippen LogP contribution is -2.25. The number of ether oxygens (including phenoxy) is 2. The first-order valence-corrected chi connectivity index (χ1v) is 10.1. The highest BCUT2D eigenvalue weighted by molar-refractivity contribution is 5.43. The minimum absolute atomic E-state index is 0.00737. The summed E-state index contributed by atoms with van der Waals surface area (Å²) in [6, 6.07) is 7.70. The number of nitrogens with one attached hydrogen (secondary N) is 3. The van der Waals surface area contributed by atoms with Crippen molar-refractivity contribution in [2.24, 2.45) is 0 Å². The molecule has 2 heterocycles. The van der Waals surface area contributed by atoms with Crippen LogP contribution in [-0.2, 0) is 11.3 Å². The second-order valence-electron chi connectivity index (χ2n) is 6.96. The van der Waals surface area contributed by atoms with Crippen molar-refractivity contribution in [3.63, 3.8) is 0 Å². The average Bonchev–Trinajstić information content (AvgIpc) is 3.28. The molecule has 4 N–H and O–H groups in total. The molecule has 1 aliphatic rings. The van der Waals surface area contributed by atoms with E-state index in [1.807, 2.05) is 31.2 Å². The Morgan fingerprint density at radius 1 is 1.21 bits per heavy atom. The van der Waals surface area contributed by atoms with Gasteiger partial charge in [-0.05, 0) is 37.0 Å². The molecule has 29 heavy (non-hydrogen) atoms. The predicted molar refractivity (Wildman–Crippen MR) is 112 cm³/mol. The van der Waals surface area contributed by atoms with E-state index < -0.39 is 0 Å². The Morgan fingerprint density at radius 2 is 2.00 bits per heavy atom. The Morgan fingerprint density at radius 3 is 2.69 bits per heavy atom. The van der Waals surface area contributed by atoms with Crippen molar-refractivity contribution >= 4 is 17.8 Å². The van der Waals surface area contributed by atoms with Crippen LogP contribution in [0.1, 0.15) is 31.7 Å².